The van der Waals surface area contributed by atoms with Crippen LogP contribution in [0.2, 0.25) is 0 Å². The Morgan fingerprint density at radius 3 is 1.93 bits per heavy atom. The van der Waals surface area contributed by atoms with Gasteiger partial charge in [-0.1, -0.05) is 52.9 Å². The molecule has 0 aromatic carbocycles. The molecule has 1 heteroatoms. The molecule has 1 nitrogen and oxygen atoms in total. The Kier molecular flexibility index (Phi) is 9.49. The maximum Gasteiger partial charge on any atom is -0.00772 e. The van der Waals surface area contributed by atoms with E-state index in [-0.39, 0.29) is 0 Å². The zero-order valence-corrected chi connectivity index (χ0v) is 10.4. The molecule has 0 aliphatic heterocycles. The van der Waals surface area contributed by atoms with Crippen LogP contribution in [0.1, 0.15) is 65.7 Å². The zero-order valence-electron chi connectivity index (χ0n) is 10.4. The van der Waals surface area contributed by atoms with Crippen molar-refractivity contribution in [2.24, 2.45) is 17.6 Å². The van der Waals surface area contributed by atoms with Crippen LogP contribution in [0.3, 0.4) is 0 Å². The minimum Gasteiger partial charge on any atom is -0.330 e. The lowest BCUT2D eigenvalue weighted by molar-refractivity contribution is 0.328. The summed E-state index contributed by atoms with van der Waals surface area (Å²) >= 11 is 0. The highest BCUT2D eigenvalue weighted by molar-refractivity contribution is 4.62. The lowest BCUT2D eigenvalue weighted by Gasteiger charge is -2.19. The lowest BCUT2D eigenvalue weighted by Crippen LogP contribution is -2.10. The number of nitrogens with two attached hydrogens (primary N) is 1. The Labute approximate surface area is 90.5 Å². The molecule has 1 unspecified atom stereocenters. The van der Waals surface area contributed by atoms with E-state index < -0.39 is 0 Å². The van der Waals surface area contributed by atoms with Crippen LogP contribution >= 0.6 is 0 Å². The van der Waals surface area contributed by atoms with Crippen molar-refractivity contribution in [2.45, 2.75) is 65.7 Å². The molecule has 0 saturated heterocycles. The third-order valence-electron chi connectivity index (χ3n) is 3.35. The monoisotopic (exact) mass is 199 g/mol. The van der Waals surface area contributed by atoms with Crippen LogP contribution in [-0.4, -0.2) is 6.54 Å². The summed E-state index contributed by atoms with van der Waals surface area (Å²) in [4.78, 5) is 0. The van der Waals surface area contributed by atoms with Gasteiger partial charge in [0.05, 0.1) is 0 Å². The van der Waals surface area contributed by atoms with E-state index in [1.807, 2.05) is 0 Å². The molecule has 0 heterocycles. The van der Waals surface area contributed by atoms with Crippen LogP contribution in [0.5, 0.6) is 0 Å². The molecule has 0 fully saturated rings. The van der Waals surface area contributed by atoms with Crippen molar-refractivity contribution in [2.75, 3.05) is 6.54 Å². The molecule has 0 saturated carbocycles. The average Bonchev–Trinajstić information content (AvgIpc) is 2.20. The minimum atomic E-state index is 0.854. The maximum absolute atomic E-state index is 5.52. The van der Waals surface area contributed by atoms with Gasteiger partial charge >= 0.3 is 0 Å². The van der Waals surface area contributed by atoms with E-state index in [9.17, 15) is 0 Å². The maximum atomic E-state index is 5.52. The van der Waals surface area contributed by atoms with Gasteiger partial charge in [0, 0.05) is 0 Å². The predicted octanol–water partition coefficient (Wildman–Crippen LogP) is 3.97. The van der Waals surface area contributed by atoms with Gasteiger partial charge in [0.15, 0.2) is 0 Å². The van der Waals surface area contributed by atoms with Gasteiger partial charge in [-0.3, -0.25) is 0 Å². The Balaban J connectivity index is 3.36. The molecular weight excluding hydrogens is 170 g/mol. The fourth-order valence-corrected chi connectivity index (χ4v) is 1.90. The fraction of sp³-hybridized carbons (Fsp3) is 1.00. The molecule has 0 aliphatic carbocycles. The summed E-state index contributed by atoms with van der Waals surface area (Å²) in [5.41, 5.74) is 5.52. The largest absolute Gasteiger partial charge is 0.330 e. The molecule has 86 valence electrons. The van der Waals surface area contributed by atoms with Gasteiger partial charge in [-0.05, 0) is 31.2 Å². The Bertz CT molecular complexity index is 112. The molecule has 14 heavy (non-hydrogen) atoms. The van der Waals surface area contributed by atoms with Gasteiger partial charge in [-0.15, -0.1) is 0 Å². The van der Waals surface area contributed by atoms with Crippen LogP contribution in [0.15, 0.2) is 0 Å². The van der Waals surface area contributed by atoms with Crippen molar-refractivity contribution >= 4 is 0 Å². The molecule has 0 aromatic heterocycles. The van der Waals surface area contributed by atoms with E-state index in [1.54, 1.807) is 0 Å². The van der Waals surface area contributed by atoms with Crippen LogP contribution in [0.4, 0.5) is 0 Å². The van der Waals surface area contributed by atoms with Crippen LogP contribution in [0.25, 0.3) is 0 Å². The quantitative estimate of drug-likeness (QED) is 0.559. The summed E-state index contributed by atoms with van der Waals surface area (Å²) in [7, 11) is 0. The van der Waals surface area contributed by atoms with E-state index in [0.717, 1.165) is 18.4 Å². The molecule has 2 N–H and O–H groups in total. The molecule has 0 rings (SSSR count). The van der Waals surface area contributed by atoms with Crippen LogP contribution in [0, 0.1) is 11.8 Å². The van der Waals surface area contributed by atoms with Crippen molar-refractivity contribution in [3.63, 3.8) is 0 Å². The van der Waals surface area contributed by atoms with Gasteiger partial charge in [0.25, 0.3) is 0 Å². The van der Waals surface area contributed by atoms with Crippen molar-refractivity contribution in [1.29, 1.82) is 0 Å². The van der Waals surface area contributed by atoms with Gasteiger partial charge in [0.2, 0.25) is 0 Å². The fourth-order valence-electron chi connectivity index (χ4n) is 1.90. The highest BCUT2D eigenvalue weighted by Crippen LogP contribution is 2.22. The molecular formula is C13H29N. The first-order chi connectivity index (χ1) is 6.72. The number of unbranched alkanes of at least 4 members (excludes halogenated alkanes) is 3. The highest BCUT2D eigenvalue weighted by Gasteiger charge is 2.10. The zero-order chi connectivity index (χ0) is 10.8. The van der Waals surface area contributed by atoms with Crippen molar-refractivity contribution < 1.29 is 0 Å². The van der Waals surface area contributed by atoms with Gasteiger partial charge in [-0.2, -0.15) is 0 Å². The number of hydrogen-bond acceptors (Lipinski definition) is 1. The van der Waals surface area contributed by atoms with E-state index in [0.29, 0.717) is 0 Å². The normalized spacial score (nSPS) is 15.4. The van der Waals surface area contributed by atoms with Crippen LogP contribution < -0.4 is 5.73 Å². The van der Waals surface area contributed by atoms with E-state index >= 15 is 0 Å². The second kappa shape index (κ2) is 9.51. The third-order valence-corrected chi connectivity index (χ3v) is 3.35. The SMILES string of the molecule is CCCCCC[C@@H](C)C(C)CCCN. The van der Waals surface area contributed by atoms with E-state index in [4.69, 9.17) is 5.73 Å². The van der Waals surface area contributed by atoms with Gasteiger partial charge in [0.1, 0.15) is 0 Å². The number of rotatable bonds is 9. The smallest absolute Gasteiger partial charge is 0.00772 e. The first-order valence-corrected chi connectivity index (χ1v) is 6.42. The second-order valence-electron chi connectivity index (χ2n) is 4.73. The molecule has 0 amide bonds. The van der Waals surface area contributed by atoms with Gasteiger partial charge in [-0.25, -0.2) is 0 Å². The standard InChI is InChI=1S/C13H29N/c1-4-5-6-7-9-12(2)13(3)10-8-11-14/h12-13H,4-11,14H2,1-3H3/t12-,13?/m1/s1. The second-order valence-corrected chi connectivity index (χ2v) is 4.73. The summed E-state index contributed by atoms with van der Waals surface area (Å²) in [5.74, 6) is 1.75. The Hall–Kier alpha value is -0.0400. The summed E-state index contributed by atoms with van der Waals surface area (Å²) < 4.78 is 0. The molecule has 0 spiro atoms. The summed E-state index contributed by atoms with van der Waals surface area (Å²) in [6, 6.07) is 0. The molecule has 0 radical (unpaired) electrons. The van der Waals surface area contributed by atoms with Gasteiger partial charge < -0.3 is 5.73 Å². The van der Waals surface area contributed by atoms with Crippen molar-refractivity contribution in [3.05, 3.63) is 0 Å². The predicted molar refractivity (Wildman–Crippen MR) is 65.4 cm³/mol. The molecule has 0 aromatic rings. The Morgan fingerprint density at radius 1 is 0.857 bits per heavy atom. The first kappa shape index (κ1) is 14.0. The van der Waals surface area contributed by atoms with E-state index in [1.165, 1.54) is 44.9 Å². The first-order valence-electron chi connectivity index (χ1n) is 6.42. The summed E-state index contributed by atoms with van der Waals surface area (Å²) in [5, 5.41) is 0. The molecule has 2 atom stereocenters. The van der Waals surface area contributed by atoms with E-state index in [2.05, 4.69) is 20.8 Å². The molecule has 0 bridgehead atoms. The minimum absolute atomic E-state index is 0.854. The average molecular weight is 199 g/mol. The topological polar surface area (TPSA) is 26.0 Å². The Morgan fingerprint density at radius 2 is 1.43 bits per heavy atom. The lowest BCUT2D eigenvalue weighted by atomic mass is 9.87. The summed E-state index contributed by atoms with van der Waals surface area (Å²) in [6.45, 7) is 7.90. The van der Waals surface area contributed by atoms with Crippen molar-refractivity contribution in [1.82, 2.24) is 0 Å². The third kappa shape index (κ3) is 7.37. The highest BCUT2D eigenvalue weighted by atomic mass is 14.5. The van der Waals surface area contributed by atoms with Crippen LogP contribution in [-0.2, 0) is 0 Å². The molecule has 0 aliphatic rings. The number of hydrogen-bond donors (Lipinski definition) is 1. The summed E-state index contributed by atoms with van der Waals surface area (Å²) in [6.07, 6.45) is 9.51. The van der Waals surface area contributed by atoms with Crippen molar-refractivity contribution in [3.8, 4) is 0 Å².